The van der Waals surface area contributed by atoms with Crippen molar-refractivity contribution in [2.75, 3.05) is 7.05 Å². The Bertz CT molecular complexity index is 882. The molecule has 0 bridgehead atoms. The zero-order chi connectivity index (χ0) is 25.4. The molecule has 1 aromatic carbocycles. The summed E-state index contributed by atoms with van der Waals surface area (Å²) in [7, 11) is 1.36. The molecule has 0 unspecified atom stereocenters. The number of esters is 2. The van der Waals surface area contributed by atoms with Crippen molar-refractivity contribution in [2.24, 2.45) is 10.3 Å². The van der Waals surface area contributed by atoms with Crippen LogP contribution in [0.3, 0.4) is 0 Å². The number of amides is 2. The van der Waals surface area contributed by atoms with Crippen LogP contribution in [0.5, 0.6) is 0 Å². The quantitative estimate of drug-likeness (QED) is 0.265. The van der Waals surface area contributed by atoms with Gasteiger partial charge in [0.05, 0.1) is 5.69 Å². The Kier molecular flexibility index (Phi) is 9.69. The first-order valence-corrected chi connectivity index (χ1v) is 10.6. The molecule has 0 aliphatic carbocycles. The first kappa shape index (κ1) is 27.7. The molecule has 182 valence electrons. The molecule has 0 aromatic heterocycles. The van der Waals surface area contributed by atoms with Gasteiger partial charge in [0.15, 0.2) is 5.78 Å². The Labute approximate surface area is 194 Å². The van der Waals surface area contributed by atoms with Crippen molar-refractivity contribution < 1.29 is 28.7 Å². The second kappa shape index (κ2) is 11.5. The lowest BCUT2D eigenvalue weighted by atomic mass is 10.1. The molecule has 0 fully saturated rings. The highest BCUT2D eigenvalue weighted by molar-refractivity contribution is 5.94. The van der Waals surface area contributed by atoms with Crippen molar-refractivity contribution in [3.63, 3.8) is 0 Å². The number of nitrogens with zero attached hydrogens (tertiary/aromatic N) is 3. The molecule has 2 amide bonds. The highest BCUT2D eigenvalue weighted by Gasteiger charge is 2.29. The molecular formula is C23H34N4O6. The molecule has 0 radical (unpaired) electrons. The Hall–Kier alpha value is -3.30. The van der Waals surface area contributed by atoms with E-state index in [9.17, 15) is 19.2 Å². The fourth-order valence-electron chi connectivity index (χ4n) is 2.44. The van der Waals surface area contributed by atoms with E-state index >= 15 is 0 Å². The maximum absolute atomic E-state index is 12.6. The van der Waals surface area contributed by atoms with Crippen LogP contribution >= 0.6 is 0 Å². The van der Waals surface area contributed by atoms with E-state index in [-0.39, 0.29) is 18.6 Å². The van der Waals surface area contributed by atoms with Crippen LogP contribution in [0, 0.1) is 0 Å². The number of ketones is 1. The van der Waals surface area contributed by atoms with E-state index in [0.717, 1.165) is 5.01 Å². The summed E-state index contributed by atoms with van der Waals surface area (Å²) in [4.78, 5) is 48.5. The van der Waals surface area contributed by atoms with Gasteiger partial charge in [0.2, 0.25) is 0 Å². The van der Waals surface area contributed by atoms with Crippen LogP contribution in [-0.4, -0.2) is 53.1 Å². The van der Waals surface area contributed by atoms with Crippen LogP contribution in [0.15, 0.2) is 34.6 Å². The third-order valence-corrected chi connectivity index (χ3v) is 3.91. The number of carbonyl (C=O) groups is 4. The standard InChI is InChI=1S/C23H34N4O6/c1-15(28)16-9-11-17(12-10-16)25-26-27(8)21(31)24-18(20(30)33-23(5,6)7)13-14-19(29)32-22(2,3)4/h9-12,18H,13-14H2,1-8H3,(H,24,31)/t18-/m0/s1. The van der Waals surface area contributed by atoms with Gasteiger partial charge >= 0.3 is 18.0 Å². The smallest absolute Gasteiger partial charge is 0.339 e. The Morgan fingerprint density at radius 3 is 2.00 bits per heavy atom. The lowest BCUT2D eigenvalue weighted by Crippen LogP contribution is -2.47. The number of urea groups is 1. The van der Waals surface area contributed by atoms with Gasteiger partial charge in [-0.1, -0.05) is 5.22 Å². The van der Waals surface area contributed by atoms with Crippen LogP contribution < -0.4 is 5.32 Å². The maximum atomic E-state index is 12.6. The van der Waals surface area contributed by atoms with E-state index in [2.05, 4.69) is 15.7 Å². The van der Waals surface area contributed by atoms with Crippen LogP contribution in [0.1, 0.15) is 71.7 Å². The summed E-state index contributed by atoms with van der Waals surface area (Å²) in [6.45, 7) is 11.8. The van der Waals surface area contributed by atoms with E-state index < -0.39 is 35.2 Å². The number of ether oxygens (including phenoxy) is 2. The summed E-state index contributed by atoms with van der Waals surface area (Å²) in [5, 5.41) is 11.2. The number of hydrogen-bond donors (Lipinski definition) is 1. The van der Waals surface area contributed by atoms with Gasteiger partial charge in [0.25, 0.3) is 0 Å². The highest BCUT2D eigenvalue weighted by Crippen LogP contribution is 2.16. The van der Waals surface area contributed by atoms with Crippen LogP contribution in [0.2, 0.25) is 0 Å². The van der Waals surface area contributed by atoms with Crippen LogP contribution in [0.4, 0.5) is 10.5 Å². The minimum atomic E-state index is -1.09. The highest BCUT2D eigenvalue weighted by atomic mass is 16.6. The number of carbonyl (C=O) groups excluding carboxylic acids is 4. The van der Waals surface area contributed by atoms with Crippen LogP contribution in [-0.2, 0) is 19.1 Å². The van der Waals surface area contributed by atoms with Gasteiger partial charge < -0.3 is 14.8 Å². The Morgan fingerprint density at radius 2 is 1.52 bits per heavy atom. The van der Waals surface area contributed by atoms with Gasteiger partial charge in [-0.05, 0) is 79.2 Å². The molecular weight excluding hydrogens is 428 g/mol. The molecule has 0 saturated carbocycles. The first-order valence-electron chi connectivity index (χ1n) is 10.6. The monoisotopic (exact) mass is 462 g/mol. The minimum Gasteiger partial charge on any atom is -0.460 e. The lowest BCUT2D eigenvalue weighted by molar-refractivity contribution is -0.158. The van der Waals surface area contributed by atoms with Crippen molar-refractivity contribution in [1.29, 1.82) is 0 Å². The molecule has 0 spiro atoms. The van der Waals surface area contributed by atoms with Gasteiger partial charge in [0.1, 0.15) is 17.2 Å². The summed E-state index contributed by atoms with van der Waals surface area (Å²) in [5.41, 5.74) is -0.465. The normalized spacial score (nSPS) is 12.7. The number of nitrogens with one attached hydrogen (secondary N) is 1. The van der Waals surface area contributed by atoms with E-state index in [4.69, 9.17) is 9.47 Å². The summed E-state index contributed by atoms with van der Waals surface area (Å²) >= 11 is 0. The number of hydrogen-bond acceptors (Lipinski definition) is 8. The average Bonchev–Trinajstić information content (AvgIpc) is 2.66. The number of rotatable bonds is 8. The van der Waals surface area contributed by atoms with Crippen molar-refractivity contribution in [3.05, 3.63) is 29.8 Å². The molecule has 0 saturated heterocycles. The zero-order valence-electron chi connectivity index (χ0n) is 20.6. The molecule has 1 aromatic rings. The van der Waals surface area contributed by atoms with Gasteiger partial charge in [0, 0.05) is 19.0 Å². The zero-order valence-corrected chi connectivity index (χ0v) is 20.6. The molecule has 1 N–H and O–H groups in total. The summed E-state index contributed by atoms with van der Waals surface area (Å²) in [6, 6.07) is 4.60. The van der Waals surface area contributed by atoms with Crippen LogP contribution in [0.25, 0.3) is 0 Å². The SMILES string of the molecule is CC(=O)c1ccc(N=NN(C)C(=O)N[C@@H](CCC(=O)OC(C)(C)C)C(=O)OC(C)(C)C)cc1. The van der Waals surface area contributed by atoms with Crippen molar-refractivity contribution >= 4 is 29.4 Å². The molecule has 1 rings (SSSR count). The van der Waals surface area contributed by atoms with Crippen molar-refractivity contribution in [2.45, 2.75) is 78.6 Å². The van der Waals surface area contributed by atoms with E-state index in [1.807, 2.05) is 0 Å². The molecule has 1 atom stereocenters. The predicted octanol–water partition coefficient (Wildman–Crippen LogP) is 4.36. The summed E-state index contributed by atoms with van der Waals surface area (Å²) in [6.07, 6.45) is -0.0950. The largest absolute Gasteiger partial charge is 0.460 e. The first-order chi connectivity index (χ1) is 15.1. The summed E-state index contributed by atoms with van der Waals surface area (Å²) in [5.74, 6) is -1.24. The fraction of sp³-hybridized carbons (Fsp3) is 0.565. The minimum absolute atomic E-state index is 0.00689. The average molecular weight is 463 g/mol. The van der Waals surface area contributed by atoms with E-state index in [1.165, 1.54) is 14.0 Å². The Morgan fingerprint density at radius 1 is 0.970 bits per heavy atom. The van der Waals surface area contributed by atoms with Gasteiger partial charge in [-0.3, -0.25) is 9.59 Å². The van der Waals surface area contributed by atoms with Gasteiger partial charge in [-0.2, -0.15) is 5.01 Å². The number of Topliss-reactive ketones (excluding diaryl/α,β-unsaturated/α-hetero) is 1. The lowest BCUT2D eigenvalue weighted by Gasteiger charge is -2.25. The molecule has 0 heterocycles. The molecule has 0 aliphatic heterocycles. The Balaban J connectivity index is 2.84. The molecule has 0 aliphatic rings. The van der Waals surface area contributed by atoms with Crippen molar-refractivity contribution in [3.8, 4) is 0 Å². The van der Waals surface area contributed by atoms with Gasteiger partial charge in [-0.25, -0.2) is 9.59 Å². The summed E-state index contributed by atoms with van der Waals surface area (Å²) < 4.78 is 10.6. The van der Waals surface area contributed by atoms with Gasteiger partial charge in [-0.15, -0.1) is 5.11 Å². The third-order valence-electron chi connectivity index (χ3n) is 3.91. The van der Waals surface area contributed by atoms with Crippen molar-refractivity contribution in [1.82, 2.24) is 10.3 Å². The van der Waals surface area contributed by atoms with E-state index in [0.29, 0.717) is 11.3 Å². The van der Waals surface area contributed by atoms with E-state index in [1.54, 1.807) is 65.8 Å². The second-order valence-corrected chi connectivity index (χ2v) is 9.48. The predicted molar refractivity (Wildman–Crippen MR) is 122 cm³/mol. The second-order valence-electron chi connectivity index (χ2n) is 9.48. The molecule has 33 heavy (non-hydrogen) atoms. The molecule has 10 nitrogen and oxygen atoms in total. The maximum Gasteiger partial charge on any atom is 0.339 e. The topological polar surface area (TPSA) is 127 Å². The third kappa shape index (κ3) is 11.2. The fourth-order valence-corrected chi connectivity index (χ4v) is 2.44. The molecule has 10 heteroatoms. The number of benzene rings is 1.